The fraction of sp³-hybridized carbons (Fsp3) is 0.212. The Kier molecular flexibility index (Phi) is 22.5. The van der Waals surface area contributed by atoms with Gasteiger partial charge in [-0.3, -0.25) is 23.4 Å². The van der Waals surface area contributed by atoms with Crippen LogP contribution in [-0.2, 0) is 21.6 Å². The lowest BCUT2D eigenvalue weighted by Gasteiger charge is -2.18. The molecule has 8 heterocycles. The molecule has 5 N–H and O–H groups in total. The Morgan fingerprint density at radius 2 is 0.977 bits per heavy atom. The van der Waals surface area contributed by atoms with E-state index in [1.54, 1.807) is 55.4 Å². The van der Waals surface area contributed by atoms with E-state index in [-0.39, 0.29) is 11.6 Å². The minimum atomic E-state index is -1.03. The molecule has 0 spiro atoms. The van der Waals surface area contributed by atoms with E-state index in [9.17, 15) is 17.2 Å². The second-order valence-corrected chi connectivity index (χ2v) is 23.3. The van der Waals surface area contributed by atoms with Crippen molar-refractivity contribution in [3.8, 4) is 67.8 Å². The summed E-state index contributed by atoms with van der Waals surface area (Å²) in [5.41, 5.74) is 8.50. The van der Waals surface area contributed by atoms with Gasteiger partial charge in [-0.1, -0.05) is 31.2 Å². The maximum absolute atomic E-state index is 13.3. The van der Waals surface area contributed by atoms with Crippen molar-refractivity contribution in [1.29, 1.82) is 0 Å². The number of aromatic amines is 5. The fourth-order valence-corrected chi connectivity index (χ4v) is 10.1. The summed E-state index contributed by atoms with van der Waals surface area (Å²) < 4.78 is 58.5. The molecule has 0 radical (unpaired) electrons. The van der Waals surface area contributed by atoms with E-state index in [1.807, 2.05) is 148 Å². The molecule has 0 aliphatic carbocycles. The van der Waals surface area contributed by atoms with Crippen molar-refractivity contribution in [3.05, 3.63) is 233 Å². The fourth-order valence-electron chi connectivity index (χ4n) is 9.02. The number of imidazole rings is 6. The van der Waals surface area contributed by atoms with Gasteiger partial charge in [0.05, 0.1) is 41.5 Å². The minimum Gasteiger partial charge on any atom is -0.337 e. The molecule has 4 aromatic carbocycles. The molecular formula is C66H73F2N14O2S2+3. The zero-order valence-electron chi connectivity index (χ0n) is 49.4. The molecule has 12 aromatic rings. The Labute approximate surface area is 505 Å². The molecular weight excluding hydrogens is 1120 g/mol. The lowest BCUT2D eigenvalue weighted by atomic mass is 10.1. The summed E-state index contributed by atoms with van der Waals surface area (Å²) >= 11 is 0. The van der Waals surface area contributed by atoms with Crippen LogP contribution in [-0.4, -0.2) is 74.9 Å². The van der Waals surface area contributed by atoms with Crippen LogP contribution in [0, 0.1) is 11.6 Å². The smallest absolute Gasteiger partial charge is 0.241 e. The largest absolute Gasteiger partial charge is 0.337 e. The second-order valence-electron chi connectivity index (χ2n) is 20.6. The molecule has 0 aliphatic rings. The normalized spacial score (nSPS) is 12.3. The number of benzene rings is 4. The molecule has 0 aliphatic heterocycles. The summed E-state index contributed by atoms with van der Waals surface area (Å²) in [6.45, 7) is 13.0. The Balaban J connectivity index is 0.000000151. The first kappa shape index (κ1) is 62.6. The Morgan fingerprint density at radius 3 is 1.35 bits per heavy atom. The van der Waals surface area contributed by atoms with Crippen LogP contribution in [0.1, 0.15) is 78.6 Å². The molecule has 0 amide bonds. The molecule has 0 saturated heterocycles. The molecule has 86 heavy (non-hydrogen) atoms. The van der Waals surface area contributed by atoms with Crippen molar-refractivity contribution in [1.82, 2.24) is 54.0 Å². The van der Waals surface area contributed by atoms with E-state index < -0.39 is 21.6 Å². The summed E-state index contributed by atoms with van der Waals surface area (Å²) in [6, 6.07) is 37.3. The average molecular weight is 1200 g/mol. The van der Waals surface area contributed by atoms with Gasteiger partial charge in [0, 0.05) is 145 Å². The Morgan fingerprint density at radius 1 is 0.535 bits per heavy atom. The quantitative estimate of drug-likeness (QED) is 0.0733. The minimum absolute atomic E-state index is 0.284. The molecule has 0 bridgehead atoms. The van der Waals surface area contributed by atoms with Crippen molar-refractivity contribution in [2.45, 2.75) is 88.3 Å². The second kappa shape index (κ2) is 30.9. The van der Waals surface area contributed by atoms with Gasteiger partial charge in [0.2, 0.25) is 12.7 Å². The average Bonchev–Trinajstić information content (AvgIpc) is 4.07. The Bertz CT molecular complexity index is 3700. The van der Waals surface area contributed by atoms with E-state index in [4.69, 9.17) is 9.97 Å². The van der Waals surface area contributed by atoms with Crippen molar-refractivity contribution in [2.75, 3.05) is 12.5 Å². The predicted molar refractivity (Wildman–Crippen MR) is 335 cm³/mol. The van der Waals surface area contributed by atoms with Crippen molar-refractivity contribution in [3.63, 3.8) is 0 Å². The first-order chi connectivity index (χ1) is 41.6. The van der Waals surface area contributed by atoms with Crippen LogP contribution < -0.4 is 14.1 Å². The van der Waals surface area contributed by atoms with E-state index in [2.05, 4.69) is 106 Å². The Hall–Kier alpha value is -9.40. The van der Waals surface area contributed by atoms with Crippen molar-refractivity contribution < 1.29 is 31.3 Å². The lowest BCUT2D eigenvalue weighted by Crippen LogP contribution is -2.37. The predicted octanol–water partition coefficient (Wildman–Crippen LogP) is 13.2. The number of aromatic nitrogens is 14. The maximum Gasteiger partial charge on any atom is 0.241 e. The highest BCUT2D eigenvalue weighted by molar-refractivity contribution is 7.84. The van der Waals surface area contributed by atoms with Crippen LogP contribution >= 0.6 is 0 Å². The standard InChI is InChI=1S/2C21H16FN3OS.C12H18N4.2C6H10N2/c2*1-27(26)18-8-4-16(5-9-18)21-24-19(14-2-6-17(22)7-3-14)20(25-21)15-10-12-23-13-11-15;1-3-12(16-7-5-14-10-16)8-11(2)15-6-4-13-9-15;2*1-6(2)8-4-3-7-5-8/h2*2-13H,1H3,(H,24,25);4-7,9-12H,3,8H2,1-2H3;2*3-6H,1-2H3/p+3. The number of rotatable bonds is 15. The monoisotopic (exact) mass is 1200 g/mol. The summed E-state index contributed by atoms with van der Waals surface area (Å²) in [6.07, 6.45) is 36.0. The van der Waals surface area contributed by atoms with E-state index in [1.165, 1.54) is 24.3 Å². The maximum atomic E-state index is 13.3. The third-order valence-electron chi connectivity index (χ3n) is 13.9. The third kappa shape index (κ3) is 17.4. The molecule has 0 fully saturated rings. The van der Waals surface area contributed by atoms with Gasteiger partial charge < -0.3 is 19.1 Å². The number of hydrogen-bond acceptors (Lipinski definition) is 7. The highest BCUT2D eigenvalue weighted by Gasteiger charge is 2.20. The number of halogens is 2. The van der Waals surface area contributed by atoms with Gasteiger partial charge in [-0.2, -0.15) is 0 Å². The molecule has 4 atom stereocenters. The van der Waals surface area contributed by atoms with Gasteiger partial charge in [-0.25, -0.2) is 42.8 Å². The van der Waals surface area contributed by atoms with Gasteiger partial charge >= 0.3 is 0 Å². The van der Waals surface area contributed by atoms with Crippen molar-refractivity contribution in [2.24, 2.45) is 0 Å². The van der Waals surface area contributed by atoms with Crippen LogP contribution in [0.15, 0.2) is 231 Å². The number of hydrogen-bond donors (Lipinski definition) is 4. The number of pyridine rings is 2. The summed E-state index contributed by atoms with van der Waals surface area (Å²) in [5, 5.41) is 0. The van der Waals surface area contributed by atoms with Gasteiger partial charge in [0.1, 0.15) is 54.1 Å². The first-order valence-electron chi connectivity index (χ1n) is 28.1. The SMILES string of the molecule is CC(C)[n+]1cc[nH]c1.CC(C)n1ccnc1.CCC(CC(C)n1ccnc1)[n+]1cc[nH]c1.CS(=O)c1ccc(-c2nc(-c3ccc(F)cc3)c(-c3cc[nH+]cc3)[nH]2)cc1.CS(=O)c1ccc(-c2nc(-c3ccc(F)cc3)c(-c3ccncc3)[nH]2)cc1. The topological polar surface area (TPSA) is 194 Å². The molecule has 20 heteroatoms. The molecule has 442 valence electrons. The highest BCUT2D eigenvalue weighted by Crippen LogP contribution is 2.35. The number of nitrogens with one attached hydrogen (secondary N) is 5. The third-order valence-corrected chi connectivity index (χ3v) is 15.8. The van der Waals surface area contributed by atoms with Gasteiger partial charge in [0.15, 0.2) is 12.4 Å². The van der Waals surface area contributed by atoms with Crippen molar-refractivity contribution >= 4 is 21.6 Å². The summed E-state index contributed by atoms with van der Waals surface area (Å²) in [4.78, 5) is 38.9. The van der Waals surface area contributed by atoms with E-state index in [0.717, 1.165) is 78.8 Å². The number of nitrogens with zero attached hydrogens (tertiary/aromatic N) is 9. The van der Waals surface area contributed by atoms with E-state index in [0.29, 0.717) is 35.8 Å². The molecule has 12 rings (SSSR count). The van der Waals surface area contributed by atoms with Crippen LogP contribution in [0.5, 0.6) is 0 Å². The van der Waals surface area contributed by atoms with E-state index >= 15 is 0 Å². The molecule has 16 nitrogen and oxygen atoms in total. The van der Waals surface area contributed by atoms with Crippen LogP contribution in [0.25, 0.3) is 67.8 Å². The van der Waals surface area contributed by atoms with Crippen LogP contribution in [0.3, 0.4) is 0 Å². The molecule has 4 unspecified atom stereocenters. The zero-order chi connectivity index (χ0) is 61.0. The zero-order valence-corrected chi connectivity index (χ0v) is 51.1. The molecule has 8 aromatic heterocycles. The number of H-pyrrole nitrogens is 5. The lowest BCUT2D eigenvalue weighted by molar-refractivity contribution is -0.723. The first-order valence-corrected chi connectivity index (χ1v) is 31.3. The molecule has 0 saturated carbocycles. The van der Waals surface area contributed by atoms with Crippen LogP contribution in [0.4, 0.5) is 8.78 Å². The van der Waals surface area contributed by atoms with Crippen LogP contribution in [0.2, 0.25) is 0 Å². The van der Waals surface area contributed by atoms with Gasteiger partial charge in [0.25, 0.3) is 0 Å². The summed E-state index contributed by atoms with van der Waals surface area (Å²) in [7, 11) is -2.05. The summed E-state index contributed by atoms with van der Waals surface area (Å²) in [5.74, 6) is 0.816. The van der Waals surface area contributed by atoms with Gasteiger partial charge in [-0.05, 0) is 126 Å². The highest BCUT2D eigenvalue weighted by atomic mass is 32.2. The van der Waals surface area contributed by atoms with Gasteiger partial charge in [-0.15, -0.1) is 0 Å².